The van der Waals surface area contributed by atoms with E-state index in [9.17, 15) is 0 Å². The summed E-state index contributed by atoms with van der Waals surface area (Å²) in [6.45, 7) is 2.31. The molecule has 10 aromatic rings. The fourth-order valence-corrected chi connectivity index (χ4v) is 10.3. The average molecular weight is 728 g/mol. The Hall–Kier alpha value is -7.16. The van der Waals surface area contributed by atoms with Gasteiger partial charge in [-0.2, -0.15) is 0 Å². The molecule has 0 radical (unpaired) electrons. The van der Waals surface area contributed by atoms with Gasteiger partial charge in [0.25, 0.3) is 0 Å². The summed E-state index contributed by atoms with van der Waals surface area (Å²) in [7, 11) is 0. The van der Waals surface area contributed by atoms with Crippen molar-refractivity contribution in [1.82, 2.24) is 0 Å². The van der Waals surface area contributed by atoms with Crippen molar-refractivity contribution < 1.29 is 4.42 Å². The van der Waals surface area contributed by atoms with Gasteiger partial charge >= 0.3 is 0 Å². The van der Waals surface area contributed by atoms with Gasteiger partial charge in [-0.1, -0.05) is 159 Å². The molecule has 0 amide bonds. The van der Waals surface area contributed by atoms with Crippen LogP contribution in [0.25, 0.3) is 66.1 Å². The first-order chi connectivity index (χ1) is 28.2. The SMILES string of the molecule is CCc1ccc2cccc3c2c1C1(c2ccccc2-c2ccc(N(c4ccc(-c5ccccc5)cc4)c4cccc5oc6ccccc6c45)cc21)c1ccccc1-3. The zero-order valence-electron chi connectivity index (χ0n) is 31.5. The van der Waals surface area contributed by atoms with E-state index in [2.05, 4.69) is 200 Å². The van der Waals surface area contributed by atoms with E-state index in [4.69, 9.17) is 4.42 Å². The van der Waals surface area contributed by atoms with Gasteiger partial charge in [0.2, 0.25) is 0 Å². The number of aryl methyl sites for hydroxylation is 1. The fraction of sp³-hybridized carbons (Fsp3) is 0.0545. The number of benzene rings is 9. The van der Waals surface area contributed by atoms with E-state index in [0.717, 1.165) is 45.4 Å². The molecule has 1 spiro atoms. The molecule has 2 aliphatic rings. The van der Waals surface area contributed by atoms with Gasteiger partial charge in [-0.25, -0.2) is 0 Å². The Morgan fingerprint density at radius 2 is 1.09 bits per heavy atom. The van der Waals surface area contributed by atoms with Crippen molar-refractivity contribution in [1.29, 1.82) is 0 Å². The van der Waals surface area contributed by atoms with Gasteiger partial charge in [0.05, 0.1) is 16.5 Å². The highest BCUT2D eigenvalue weighted by molar-refractivity contribution is 6.14. The van der Waals surface area contributed by atoms with Gasteiger partial charge in [0.15, 0.2) is 0 Å². The summed E-state index contributed by atoms with van der Waals surface area (Å²) in [6, 6.07) is 71.6. The second-order valence-corrected chi connectivity index (χ2v) is 15.4. The monoisotopic (exact) mass is 727 g/mol. The minimum absolute atomic E-state index is 0.519. The quantitative estimate of drug-likeness (QED) is 0.175. The predicted octanol–water partition coefficient (Wildman–Crippen LogP) is 14.8. The maximum absolute atomic E-state index is 6.50. The van der Waals surface area contributed by atoms with Crippen molar-refractivity contribution in [2.75, 3.05) is 4.90 Å². The Labute approximate surface area is 331 Å². The first-order valence-electron chi connectivity index (χ1n) is 20.0. The van der Waals surface area contributed by atoms with E-state index in [-0.39, 0.29) is 0 Å². The number of nitrogens with zero attached hydrogens (tertiary/aromatic N) is 1. The maximum Gasteiger partial charge on any atom is 0.137 e. The highest BCUT2D eigenvalue weighted by atomic mass is 16.3. The average Bonchev–Trinajstić information content (AvgIpc) is 3.80. The van der Waals surface area contributed by atoms with Gasteiger partial charge in [0, 0.05) is 16.8 Å². The molecule has 0 saturated carbocycles. The normalized spacial score (nSPS) is 14.9. The molecule has 268 valence electrons. The molecule has 0 N–H and O–H groups in total. The predicted molar refractivity (Wildman–Crippen MR) is 237 cm³/mol. The fourth-order valence-electron chi connectivity index (χ4n) is 10.3. The molecular weight excluding hydrogens is 691 g/mol. The van der Waals surface area contributed by atoms with Crippen LogP contribution in [-0.2, 0) is 11.8 Å². The van der Waals surface area contributed by atoms with Crippen LogP contribution in [0.15, 0.2) is 199 Å². The van der Waals surface area contributed by atoms with Crippen LogP contribution in [0.3, 0.4) is 0 Å². The summed E-state index contributed by atoms with van der Waals surface area (Å²) < 4.78 is 6.50. The van der Waals surface area contributed by atoms with Gasteiger partial charge in [-0.3, -0.25) is 0 Å². The second kappa shape index (κ2) is 12.2. The molecular formula is C55H37NO. The minimum atomic E-state index is -0.519. The molecule has 1 unspecified atom stereocenters. The summed E-state index contributed by atoms with van der Waals surface area (Å²) in [5.74, 6) is 0. The summed E-state index contributed by atoms with van der Waals surface area (Å²) in [5.41, 5.74) is 18.9. The van der Waals surface area contributed by atoms with Gasteiger partial charge in [-0.05, 0) is 121 Å². The Morgan fingerprint density at radius 3 is 1.89 bits per heavy atom. The Bertz CT molecular complexity index is 3230. The van der Waals surface area contributed by atoms with Gasteiger partial charge < -0.3 is 9.32 Å². The summed E-state index contributed by atoms with van der Waals surface area (Å²) in [5, 5.41) is 4.87. The zero-order chi connectivity index (χ0) is 37.7. The molecule has 1 aromatic heterocycles. The molecule has 57 heavy (non-hydrogen) atoms. The van der Waals surface area contributed by atoms with E-state index in [1.807, 2.05) is 6.07 Å². The first kappa shape index (κ1) is 32.1. The van der Waals surface area contributed by atoms with Crippen molar-refractivity contribution in [2.24, 2.45) is 0 Å². The third kappa shape index (κ3) is 4.41. The van der Waals surface area contributed by atoms with Crippen LogP contribution in [0, 0.1) is 0 Å². The lowest BCUT2D eigenvalue weighted by Crippen LogP contribution is -2.33. The third-order valence-electron chi connectivity index (χ3n) is 12.6. The van der Waals surface area contributed by atoms with Crippen LogP contribution in [-0.4, -0.2) is 0 Å². The zero-order valence-corrected chi connectivity index (χ0v) is 31.5. The number of para-hydroxylation sites is 1. The Morgan fingerprint density at radius 1 is 0.456 bits per heavy atom. The van der Waals surface area contributed by atoms with E-state index < -0.39 is 5.41 Å². The molecule has 0 aliphatic heterocycles. The highest BCUT2D eigenvalue weighted by Crippen LogP contribution is 2.63. The molecule has 2 nitrogen and oxygen atoms in total. The lowest BCUT2D eigenvalue weighted by atomic mass is 9.60. The largest absolute Gasteiger partial charge is 0.456 e. The molecule has 12 rings (SSSR count). The first-order valence-corrected chi connectivity index (χ1v) is 20.0. The lowest BCUT2D eigenvalue weighted by molar-refractivity contribution is 0.669. The molecule has 1 heterocycles. The number of fused-ring (bicyclic) bond motifs is 12. The van der Waals surface area contributed by atoms with Crippen molar-refractivity contribution in [3.8, 4) is 33.4 Å². The van der Waals surface area contributed by atoms with Gasteiger partial charge in [-0.15, -0.1) is 0 Å². The van der Waals surface area contributed by atoms with E-state index >= 15 is 0 Å². The van der Waals surface area contributed by atoms with Crippen molar-refractivity contribution in [3.63, 3.8) is 0 Å². The molecule has 0 saturated heterocycles. The Kier molecular flexibility index (Phi) is 6.86. The number of anilines is 3. The molecule has 1 atom stereocenters. The Balaban J connectivity index is 1.18. The molecule has 9 aromatic carbocycles. The number of furan rings is 1. The minimum Gasteiger partial charge on any atom is -0.456 e. The number of rotatable bonds is 5. The summed E-state index contributed by atoms with van der Waals surface area (Å²) >= 11 is 0. The van der Waals surface area contributed by atoms with Crippen LogP contribution in [0.2, 0.25) is 0 Å². The molecule has 0 fully saturated rings. The molecule has 2 heteroatoms. The van der Waals surface area contributed by atoms with Crippen LogP contribution in [0.5, 0.6) is 0 Å². The van der Waals surface area contributed by atoms with Crippen LogP contribution in [0.4, 0.5) is 17.1 Å². The van der Waals surface area contributed by atoms with Crippen molar-refractivity contribution >= 4 is 49.8 Å². The van der Waals surface area contributed by atoms with E-state index in [1.165, 1.54) is 72.0 Å². The van der Waals surface area contributed by atoms with Crippen molar-refractivity contribution in [2.45, 2.75) is 18.8 Å². The smallest absolute Gasteiger partial charge is 0.137 e. The highest BCUT2D eigenvalue weighted by Gasteiger charge is 2.51. The van der Waals surface area contributed by atoms with E-state index in [0.29, 0.717) is 0 Å². The van der Waals surface area contributed by atoms with Crippen molar-refractivity contribution in [3.05, 3.63) is 222 Å². The lowest BCUT2D eigenvalue weighted by Gasteiger charge is -2.41. The van der Waals surface area contributed by atoms with E-state index in [1.54, 1.807) is 0 Å². The topological polar surface area (TPSA) is 16.4 Å². The molecule has 0 bridgehead atoms. The summed E-state index contributed by atoms with van der Waals surface area (Å²) in [4.78, 5) is 2.44. The van der Waals surface area contributed by atoms with Crippen LogP contribution < -0.4 is 4.90 Å². The summed E-state index contributed by atoms with van der Waals surface area (Å²) in [6.07, 6.45) is 0.941. The number of hydrogen-bond donors (Lipinski definition) is 0. The van der Waals surface area contributed by atoms with Crippen LogP contribution >= 0.6 is 0 Å². The molecule has 2 aliphatic carbocycles. The number of hydrogen-bond acceptors (Lipinski definition) is 2. The van der Waals surface area contributed by atoms with Crippen LogP contribution in [0.1, 0.15) is 34.7 Å². The second-order valence-electron chi connectivity index (χ2n) is 15.4. The maximum atomic E-state index is 6.50. The van der Waals surface area contributed by atoms with Gasteiger partial charge in [0.1, 0.15) is 11.2 Å². The third-order valence-corrected chi connectivity index (χ3v) is 12.6. The standard InChI is InChI=1S/C55H37NO/c1-2-35-26-27-38-16-12-20-44-42-18-7-10-22-47(42)55(54(35)52(38)44)46-21-9-6-17-41(46)43-33-32-40(34-48(43)55)56(39-30-28-37(29-31-39)36-14-4-3-5-15-36)49-23-13-25-51-53(49)45-19-8-11-24-50(45)57-51/h3-34H,2H2,1H3.